The molecule has 2 heterocycles. The summed E-state index contributed by atoms with van der Waals surface area (Å²) in [5, 5.41) is 3.30. The molecule has 26 heavy (non-hydrogen) atoms. The Morgan fingerprint density at radius 2 is 1.73 bits per heavy atom. The van der Waals surface area contributed by atoms with Gasteiger partial charge in [-0.2, -0.15) is 4.31 Å². The standard InChI is InChI=1S/C17H23N3O4S.ClH/c1-3-18-11-12-6-8-20(9-7-12)25(23,24)13-4-5-14-15(10-13)17(22)19(2)16(14)21;/h4-5,10,12,18H,3,6-9,11H2,1-2H3;1H. The number of fused-ring (bicyclic) bond motifs is 1. The normalized spacial score (nSPS) is 18.8. The molecular formula is C17H24ClN3O4S. The lowest BCUT2D eigenvalue weighted by molar-refractivity contribution is 0.0693. The smallest absolute Gasteiger partial charge is 0.261 e. The average molecular weight is 402 g/mol. The molecule has 0 bridgehead atoms. The zero-order chi connectivity index (χ0) is 18.2. The fourth-order valence-corrected chi connectivity index (χ4v) is 4.85. The lowest BCUT2D eigenvalue weighted by atomic mass is 9.98. The number of amides is 2. The molecule has 1 fully saturated rings. The maximum absolute atomic E-state index is 12.9. The first-order valence-electron chi connectivity index (χ1n) is 8.53. The maximum Gasteiger partial charge on any atom is 0.261 e. The summed E-state index contributed by atoms with van der Waals surface area (Å²) in [6, 6.07) is 4.19. The second kappa shape index (κ2) is 8.04. The maximum atomic E-state index is 12.9. The summed E-state index contributed by atoms with van der Waals surface area (Å²) in [6.07, 6.45) is 1.63. The van der Waals surface area contributed by atoms with E-state index in [0.29, 0.717) is 19.0 Å². The molecule has 7 nitrogen and oxygen atoms in total. The first kappa shape index (κ1) is 20.8. The first-order chi connectivity index (χ1) is 11.9. The Bertz CT molecular complexity index is 804. The number of rotatable bonds is 5. The summed E-state index contributed by atoms with van der Waals surface area (Å²) >= 11 is 0. The van der Waals surface area contributed by atoms with Crippen LogP contribution in [0, 0.1) is 5.92 Å². The van der Waals surface area contributed by atoms with Gasteiger partial charge in [0.1, 0.15) is 0 Å². The summed E-state index contributed by atoms with van der Waals surface area (Å²) in [5.41, 5.74) is 0.423. The zero-order valence-corrected chi connectivity index (χ0v) is 16.5. The van der Waals surface area contributed by atoms with Crippen LogP contribution in [0.2, 0.25) is 0 Å². The van der Waals surface area contributed by atoms with E-state index in [1.165, 1.54) is 29.6 Å². The highest BCUT2D eigenvalue weighted by atomic mass is 35.5. The molecule has 1 saturated heterocycles. The number of carbonyl (C=O) groups excluding carboxylic acids is 2. The van der Waals surface area contributed by atoms with Crippen molar-refractivity contribution < 1.29 is 18.0 Å². The zero-order valence-electron chi connectivity index (χ0n) is 14.9. The Hall–Kier alpha value is -1.48. The van der Waals surface area contributed by atoms with E-state index in [2.05, 4.69) is 12.2 Å². The van der Waals surface area contributed by atoms with E-state index in [9.17, 15) is 18.0 Å². The minimum Gasteiger partial charge on any atom is -0.317 e. The van der Waals surface area contributed by atoms with Gasteiger partial charge in [0, 0.05) is 20.1 Å². The van der Waals surface area contributed by atoms with Gasteiger partial charge >= 0.3 is 0 Å². The largest absolute Gasteiger partial charge is 0.317 e. The predicted octanol–water partition coefficient (Wildman–Crippen LogP) is 1.34. The molecule has 2 aliphatic heterocycles. The van der Waals surface area contributed by atoms with E-state index < -0.39 is 21.8 Å². The predicted molar refractivity (Wildman–Crippen MR) is 100 cm³/mol. The molecule has 0 aromatic heterocycles. The number of nitrogens with one attached hydrogen (secondary N) is 1. The lowest BCUT2D eigenvalue weighted by Crippen LogP contribution is -2.40. The molecule has 3 rings (SSSR count). The Labute approximate surface area is 160 Å². The van der Waals surface area contributed by atoms with Crippen molar-refractivity contribution in [2.75, 3.05) is 33.2 Å². The number of piperidine rings is 1. The van der Waals surface area contributed by atoms with Crippen molar-refractivity contribution in [1.29, 1.82) is 0 Å². The molecule has 9 heteroatoms. The highest BCUT2D eigenvalue weighted by molar-refractivity contribution is 7.89. The fourth-order valence-electron chi connectivity index (χ4n) is 3.35. The van der Waals surface area contributed by atoms with Crippen LogP contribution in [-0.4, -0.2) is 62.7 Å². The van der Waals surface area contributed by atoms with Gasteiger partial charge in [0.05, 0.1) is 16.0 Å². The number of nitrogens with zero attached hydrogens (tertiary/aromatic N) is 2. The topological polar surface area (TPSA) is 86.8 Å². The summed E-state index contributed by atoms with van der Waals surface area (Å²) in [7, 11) is -2.26. The van der Waals surface area contributed by atoms with Gasteiger partial charge in [-0.15, -0.1) is 12.4 Å². The Morgan fingerprint density at radius 3 is 2.35 bits per heavy atom. The van der Waals surface area contributed by atoms with E-state index in [1.807, 2.05) is 0 Å². The van der Waals surface area contributed by atoms with Crippen LogP contribution in [0.4, 0.5) is 0 Å². The molecule has 0 atom stereocenters. The molecule has 144 valence electrons. The Balaban J connectivity index is 0.00000243. The van der Waals surface area contributed by atoms with Crippen molar-refractivity contribution in [1.82, 2.24) is 14.5 Å². The molecular weight excluding hydrogens is 378 g/mol. The van der Waals surface area contributed by atoms with Crippen LogP contribution < -0.4 is 5.32 Å². The highest BCUT2D eigenvalue weighted by Gasteiger charge is 2.35. The Kier molecular flexibility index (Phi) is 6.44. The third kappa shape index (κ3) is 3.64. The van der Waals surface area contributed by atoms with Gasteiger partial charge in [-0.1, -0.05) is 6.92 Å². The van der Waals surface area contributed by atoms with Crippen molar-refractivity contribution in [2.45, 2.75) is 24.7 Å². The average Bonchev–Trinajstić information content (AvgIpc) is 2.84. The van der Waals surface area contributed by atoms with Crippen LogP contribution in [0.5, 0.6) is 0 Å². The Morgan fingerprint density at radius 1 is 1.12 bits per heavy atom. The van der Waals surface area contributed by atoms with E-state index in [0.717, 1.165) is 30.8 Å². The van der Waals surface area contributed by atoms with E-state index in [-0.39, 0.29) is 28.4 Å². The minimum atomic E-state index is -3.66. The van der Waals surface area contributed by atoms with E-state index in [1.54, 1.807) is 0 Å². The molecule has 0 spiro atoms. The van der Waals surface area contributed by atoms with Gasteiger partial charge < -0.3 is 5.32 Å². The summed E-state index contributed by atoms with van der Waals surface area (Å²) in [4.78, 5) is 25.1. The van der Waals surface area contributed by atoms with Gasteiger partial charge in [-0.05, 0) is 50.0 Å². The minimum absolute atomic E-state index is 0. The third-order valence-corrected chi connectivity index (χ3v) is 6.85. The molecule has 1 aromatic carbocycles. The summed E-state index contributed by atoms with van der Waals surface area (Å²) in [5.74, 6) is -0.367. The summed E-state index contributed by atoms with van der Waals surface area (Å²) < 4.78 is 27.2. The number of benzene rings is 1. The number of halogens is 1. The van der Waals surface area contributed by atoms with Gasteiger partial charge in [0.25, 0.3) is 11.8 Å². The number of hydrogen-bond donors (Lipinski definition) is 1. The van der Waals surface area contributed by atoms with Crippen LogP contribution >= 0.6 is 12.4 Å². The molecule has 2 aliphatic rings. The fraction of sp³-hybridized carbons (Fsp3) is 0.529. The highest BCUT2D eigenvalue weighted by Crippen LogP contribution is 2.28. The lowest BCUT2D eigenvalue weighted by Gasteiger charge is -2.31. The van der Waals surface area contributed by atoms with E-state index in [4.69, 9.17) is 0 Å². The number of sulfonamides is 1. The van der Waals surface area contributed by atoms with Crippen molar-refractivity contribution in [3.8, 4) is 0 Å². The molecule has 2 amide bonds. The second-order valence-electron chi connectivity index (χ2n) is 6.53. The molecule has 0 radical (unpaired) electrons. The van der Waals surface area contributed by atoms with Crippen molar-refractivity contribution in [3.63, 3.8) is 0 Å². The van der Waals surface area contributed by atoms with Crippen molar-refractivity contribution >= 4 is 34.2 Å². The van der Waals surface area contributed by atoms with Gasteiger partial charge in [0.15, 0.2) is 0 Å². The van der Waals surface area contributed by atoms with Crippen LogP contribution in [0.15, 0.2) is 23.1 Å². The number of carbonyl (C=O) groups is 2. The molecule has 0 unspecified atom stereocenters. The van der Waals surface area contributed by atoms with Crippen molar-refractivity contribution in [2.24, 2.45) is 5.92 Å². The molecule has 0 saturated carbocycles. The van der Waals surface area contributed by atoms with Crippen LogP contribution in [0.25, 0.3) is 0 Å². The quantitative estimate of drug-likeness (QED) is 0.752. The van der Waals surface area contributed by atoms with Crippen molar-refractivity contribution in [3.05, 3.63) is 29.3 Å². The SMILES string of the molecule is CCNCC1CCN(S(=O)(=O)c2ccc3c(c2)C(=O)N(C)C3=O)CC1.Cl. The number of imide groups is 1. The summed E-state index contributed by atoms with van der Waals surface area (Å²) in [6.45, 7) is 4.82. The molecule has 0 aliphatic carbocycles. The third-order valence-electron chi connectivity index (χ3n) is 4.96. The van der Waals surface area contributed by atoms with Crippen LogP contribution in [0.3, 0.4) is 0 Å². The molecule has 1 aromatic rings. The monoisotopic (exact) mass is 401 g/mol. The van der Waals surface area contributed by atoms with Crippen LogP contribution in [0.1, 0.15) is 40.5 Å². The van der Waals surface area contributed by atoms with Crippen LogP contribution in [-0.2, 0) is 10.0 Å². The van der Waals surface area contributed by atoms with Gasteiger partial charge in [0.2, 0.25) is 10.0 Å². The van der Waals surface area contributed by atoms with Gasteiger partial charge in [-0.25, -0.2) is 8.42 Å². The van der Waals surface area contributed by atoms with E-state index >= 15 is 0 Å². The van der Waals surface area contributed by atoms with Gasteiger partial charge in [-0.3, -0.25) is 14.5 Å². The first-order valence-corrected chi connectivity index (χ1v) is 9.97. The molecule has 1 N–H and O–H groups in total. The second-order valence-corrected chi connectivity index (χ2v) is 8.47. The number of hydrogen-bond acceptors (Lipinski definition) is 5.